The van der Waals surface area contributed by atoms with Gasteiger partial charge in [0.25, 0.3) is 0 Å². The molecular formula is C15H17NOS. The average Bonchev–Trinajstić information content (AvgIpc) is 2.82. The number of carbonyl (C=O) groups is 1. The summed E-state index contributed by atoms with van der Waals surface area (Å²) in [5.74, 6) is 0.448. The van der Waals surface area contributed by atoms with Crippen molar-refractivity contribution in [2.75, 3.05) is 5.32 Å². The topological polar surface area (TPSA) is 29.1 Å². The molecule has 0 fully saturated rings. The fourth-order valence-corrected chi connectivity index (χ4v) is 2.56. The monoisotopic (exact) mass is 259 g/mol. The Morgan fingerprint density at radius 3 is 2.72 bits per heavy atom. The first-order valence-corrected chi connectivity index (χ1v) is 7.01. The van der Waals surface area contributed by atoms with Crippen LogP contribution in [0, 0.1) is 0 Å². The molecule has 94 valence electrons. The van der Waals surface area contributed by atoms with Crippen LogP contribution in [0.15, 0.2) is 41.1 Å². The minimum Gasteiger partial charge on any atom is -0.326 e. The normalized spacial score (nSPS) is 10.6. The van der Waals surface area contributed by atoms with Crippen LogP contribution in [0.5, 0.6) is 0 Å². The number of hydrogen-bond acceptors (Lipinski definition) is 2. The van der Waals surface area contributed by atoms with Gasteiger partial charge in [-0.05, 0) is 39.9 Å². The summed E-state index contributed by atoms with van der Waals surface area (Å²) < 4.78 is 0. The number of hydrogen-bond donors (Lipinski definition) is 1. The molecule has 0 unspecified atom stereocenters. The van der Waals surface area contributed by atoms with E-state index in [0.717, 1.165) is 11.3 Å². The molecule has 1 aromatic carbocycles. The molecule has 1 N–H and O–H groups in total. The Kier molecular flexibility index (Phi) is 4.15. The maximum Gasteiger partial charge on any atom is 0.228 e. The molecule has 3 heteroatoms. The maximum absolute atomic E-state index is 11.9. The van der Waals surface area contributed by atoms with Gasteiger partial charge in [-0.25, -0.2) is 0 Å². The molecule has 1 heterocycles. The van der Waals surface area contributed by atoms with Crippen molar-refractivity contribution in [2.45, 2.75) is 26.2 Å². The van der Waals surface area contributed by atoms with Gasteiger partial charge in [-0.3, -0.25) is 4.79 Å². The van der Waals surface area contributed by atoms with Gasteiger partial charge in [0.2, 0.25) is 5.91 Å². The van der Waals surface area contributed by atoms with Crippen molar-refractivity contribution in [3.8, 4) is 0 Å². The van der Waals surface area contributed by atoms with Gasteiger partial charge in [0.15, 0.2) is 0 Å². The minimum absolute atomic E-state index is 0.0431. The van der Waals surface area contributed by atoms with Crippen LogP contribution in [0.25, 0.3) is 0 Å². The first-order valence-electron chi connectivity index (χ1n) is 6.06. The quantitative estimate of drug-likeness (QED) is 0.881. The summed E-state index contributed by atoms with van der Waals surface area (Å²) in [4.78, 5) is 11.9. The first kappa shape index (κ1) is 12.8. The second kappa shape index (κ2) is 5.83. The lowest BCUT2D eigenvalue weighted by Gasteiger charge is -2.13. The number of amides is 1. The van der Waals surface area contributed by atoms with Crippen LogP contribution in [0.2, 0.25) is 0 Å². The summed E-state index contributed by atoms with van der Waals surface area (Å²) in [6.45, 7) is 4.26. The third kappa shape index (κ3) is 3.20. The molecule has 0 atom stereocenters. The molecule has 2 nitrogen and oxygen atoms in total. The highest BCUT2D eigenvalue weighted by molar-refractivity contribution is 7.08. The molecule has 0 saturated heterocycles. The van der Waals surface area contributed by atoms with Crippen molar-refractivity contribution in [3.05, 3.63) is 52.2 Å². The Balaban J connectivity index is 2.07. The second-order valence-electron chi connectivity index (χ2n) is 4.60. The van der Waals surface area contributed by atoms with Gasteiger partial charge in [-0.15, -0.1) is 0 Å². The summed E-state index contributed by atoms with van der Waals surface area (Å²) in [5.41, 5.74) is 3.17. The molecule has 0 radical (unpaired) electrons. The molecule has 2 rings (SSSR count). The van der Waals surface area contributed by atoms with Gasteiger partial charge < -0.3 is 5.32 Å². The van der Waals surface area contributed by atoms with Gasteiger partial charge in [0.05, 0.1) is 6.42 Å². The van der Waals surface area contributed by atoms with Crippen molar-refractivity contribution in [1.82, 2.24) is 0 Å². The highest BCUT2D eigenvalue weighted by Gasteiger charge is 2.09. The summed E-state index contributed by atoms with van der Waals surface area (Å²) in [6.07, 6.45) is 0.440. The zero-order valence-electron chi connectivity index (χ0n) is 10.6. The number of carbonyl (C=O) groups excluding carboxylic acids is 1. The number of rotatable bonds is 4. The van der Waals surface area contributed by atoms with Crippen LogP contribution >= 0.6 is 11.3 Å². The molecule has 0 aliphatic rings. The third-order valence-corrected chi connectivity index (χ3v) is 3.53. The van der Waals surface area contributed by atoms with E-state index in [-0.39, 0.29) is 5.91 Å². The van der Waals surface area contributed by atoms with Crippen molar-refractivity contribution in [3.63, 3.8) is 0 Å². The van der Waals surface area contributed by atoms with Gasteiger partial charge in [-0.1, -0.05) is 32.0 Å². The Morgan fingerprint density at radius 2 is 2.06 bits per heavy atom. The van der Waals surface area contributed by atoms with Crippen LogP contribution < -0.4 is 5.32 Å². The largest absolute Gasteiger partial charge is 0.326 e. The zero-order valence-corrected chi connectivity index (χ0v) is 11.5. The lowest BCUT2D eigenvalue weighted by molar-refractivity contribution is -0.115. The predicted molar refractivity (Wildman–Crippen MR) is 77.2 cm³/mol. The number of para-hydroxylation sites is 1. The van der Waals surface area contributed by atoms with E-state index in [1.807, 2.05) is 35.0 Å². The molecule has 0 bridgehead atoms. The van der Waals surface area contributed by atoms with E-state index in [1.54, 1.807) is 11.3 Å². The highest BCUT2D eigenvalue weighted by Crippen LogP contribution is 2.23. The number of anilines is 1. The van der Waals surface area contributed by atoms with Crippen molar-refractivity contribution in [2.24, 2.45) is 0 Å². The van der Waals surface area contributed by atoms with Gasteiger partial charge in [-0.2, -0.15) is 11.3 Å². The number of thiophene rings is 1. The third-order valence-electron chi connectivity index (χ3n) is 2.80. The molecule has 0 spiro atoms. The van der Waals surface area contributed by atoms with Crippen molar-refractivity contribution < 1.29 is 4.79 Å². The van der Waals surface area contributed by atoms with Crippen LogP contribution in [0.4, 0.5) is 5.69 Å². The molecule has 0 saturated carbocycles. The van der Waals surface area contributed by atoms with E-state index in [1.165, 1.54) is 5.56 Å². The van der Waals surface area contributed by atoms with Crippen molar-refractivity contribution >= 4 is 22.9 Å². The van der Waals surface area contributed by atoms with E-state index in [4.69, 9.17) is 0 Å². The highest BCUT2D eigenvalue weighted by atomic mass is 32.1. The number of benzene rings is 1. The maximum atomic E-state index is 11.9. The molecular weight excluding hydrogens is 242 g/mol. The Bertz CT molecular complexity index is 517. The first-order chi connectivity index (χ1) is 8.66. The minimum atomic E-state index is 0.0431. The van der Waals surface area contributed by atoms with E-state index in [9.17, 15) is 4.79 Å². The van der Waals surface area contributed by atoms with Crippen LogP contribution in [0.1, 0.15) is 30.9 Å². The Hall–Kier alpha value is -1.61. The molecule has 1 amide bonds. The Morgan fingerprint density at radius 1 is 1.28 bits per heavy atom. The smallest absolute Gasteiger partial charge is 0.228 e. The molecule has 1 aromatic heterocycles. The van der Waals surface area contributed by atoms with E-state index in [2.05, 4.69) is 25.2 Å². The summed E-state index contributed by atoms with van der Waals surface area (Å²) in [7, 11) is 0. The van der Waals surface area contributed by atoms with Crippen LogP contribution in [-0.2, 0) is 11.2 Å². The summed E-state index contributed by atoms with van der Waals surface area (Å²) in [6, 6.07) is 9.96. The summed E-state index contributed by atoms with van der Waals surface area (Å²) >= 11 is 1.62. The molecule has 0 aliphatic carbocycles. The SMILES string of the molecule is CC(C)c1ccccc1NC(=O)Cc1ccsc1. The lowest BCUT2D eigenvalue weighted by atomic mass is 10.0. The standard InChI is InChI=1S/C15H17NOS/c1-11(2)13-5-3-4-6-14(13)16-15(17)9-12-7-8-18-10-12/h3-8,10-11H,9H2,1-2H3,(H,16,17). The summed E-state index contributed by atoms with van der Waals surface area (Å²) in [5, 5.41) is 6.99. The lowest BCUT2D eigenvalue weighted by Crippen LogP contribution is -2.15. The van der Waals surface area contributed by atoms with Gasteiger partial charge >= 0.3 is 0 Å². The van der Waals surface area contributed by atoms with Crippen LogP contribution in [0.3, 0.4) is 0 Å². The van der Waals surface area contributed by atoms with E-state index < -0.39 is 0 Å². The molecule has 2 aromatic rings. The molecule has 0 aliphatic heterocycles. The van der Waals surface area contributed by atoms with Gasteiger partial charge in [0.1, 0.15) is 0 Å². The van der Waals surface area contributed by atoms with E-state index in [0.29, 0.717) is 12.3 Å². The average molecular weight is 259 g/mol. The second-order valence-corrected chi connectivity index (χ2v) is 5.38. The van der Waals surface area contributed by atoms with Gasteiger partial charge in [0, 0.05) is 5.69 Å². The Labute approximate surface area is 112 Å². The van der Waals surface area contributed by atoms with Crippen molar-refractivity contribution in [1.29, 1.82) is 0 Å². The fraction of sp³-hybridized carbons (Fsp3) is 0.267. The van der Waals surface area contributed by atoms with Crippen LogP contribution in [-0.4, -0.2) is 5.91 Å². The van der Waals surface area contributed by atoms with E-state index >= 15 is 0 Å². The zero-order chi connectivity index (χ0) is 13.0. The fourth-order valence-electron chi connectivity index (χ4n) is 1.89. The number of nitrogens with one attached hydrogen (secondary N) is 1. The molecule has 18 heavy (non-hydrogen) atoms. The predicted octanol–water partition coefficient (Wildman–Crippen LogP) is 4.05.